The number of ether oxygens (including phenoxy) is 2. The van der Waals surface area contributed by atoms with Gasteiger partial charge in [-0.1, -0.05) is 42.2 Å². The molecule has 1 aliphatic rings. The highest BCUT2D eigenvalue weighted by Gasteiger charge is 2.33. The molecule has 8 heteroatoms. The third-order valence-electron chi connectivity index (χ3n) is 4.18. The number of anilines is 1. The first kappa shape index (κ1) is 20.9. The van der Waals surface area contributed by atoms with Gasteiger partial charge in [-0.3, -0.25) is 14.5 Å². The Hall–Kier alpha value is -2.84. The maximum atomic E-state index is 12.8. The summed E-state index contributed by atoms with van der Waals surface area (Å²) in [4.78, 5) is 26.9. The van der Waals surface area contributed by atoms with Crippen LogP contribution in [0.3, 0.4) is 0 Å². The molecule has 1 saturated heterocycles. The molecular formula is C21H20N2O4S2. The average molecular weight is 429 g/mol. The fourth-order valence-electron chi connectivity index (χ4n) is 2.80. The highest BCUT2D eigenvalue weighted by atomic mass is 32.2. The summed E-state index contributed by atoms with van der Waals surface area (Å²) in [7, 11) is 3.11. The third-order valence-corrected chi connectivity index (χ3v) is 5.56. The summed E-state index contributed by atoms with van der Waals surface area (Å²) in [5, 5.41) is 2.79. The normalized spacial score (nSPS) is 15.0. The predicted molar refractivity (Wildman–Crippen MR) is 119 cm³/mol. The van der Waals surface area contributed by atoms with Gasteiger partial charge in [-0.2, -0.15) is 0 Å². The molecule has 0 aromatic heterocycles. The number of aryl methyl sites for hydroxylation is 1. The van der Waals surface area contributed by atoms with Gasteiger partial charge in [-0.15, -0.1) is 0 Å². The fourth-order valence-corrected chi connectivity index (χ4v) is 4.05. The van der Waals surface area contributed by atoms with Crippen molar-refractivity contribution in [3.05, 3.63) is 58.5 Å². The van der Waals surface area contributed by atoms with E-state index in [1.165, 1.54) is 16.7 Å². The van der Waals surface area contributed by atoms with Crippen LogP contribution in [0.25, 0.3) is 6.08 Å². The van der Waals surface area contributed by atoms with Crippen LogP contribution in [0.4, 0.5) is 5.69 Å². The van der Waals surface area contributed by atoms with Crippen molar-refractivity contribution in [2.75, 3.05) is 26.1 Å². The maximum Gasteiger partial charge on any atom is 0.266 e. The van der Waals surface area contributed by atoms with Crippen LogP contribution >= 0.6 is 24.0 Å². The van der Waals surface area contributed by atoms with Gasteiger partial charge in [-0.25, -0.2) is 0 Å². The summed E-state index contributed by atoms with van der Waals surface area (Å²) in [6.07, 6.45) is 1.72. The number of amides is 2. The number of hydrogen-bond acceptors (Lipinski definition) is 6. The number of carbonyl (C=O) groups excluding carboxylic acids is 2. The minimum atomic E-state index is -0.306. The summed E-state index contributed by atoms with van der Waals surface area (Å²) in [5.74, 6) is 0.563. The lowest BCUT2D eigenvalue weighted by Gasteiger charge is -2.14. The van der Waals surface area contributed by atoms with Gasteiger partial charge in [0.15, 0.2) is 11.5 Å². The Bertz CT molecular complexity index is 1000. The van der Waals surface area contributed by atoms with Crippen LogP contribution in [-0.2, 0) is 9.59 Å². The van der Waals surface area contributed by atoms with E-state index in [4.69, 9.17) is 21.7 Å². The van der Waals surface area contributed by atoms with E-state index in [0.29, 0.717) is 26.4 Å². The number of benzene rings is 2. The van der Waals surface area contributed by atoms with E-state index in [1.54, 1.807) is 38.5 Å². The molecule has 0 radical (unpaired) electrons. The summed E-state index contributed by atoms with van der Waals surface area (Å²) in [6.45, 7) is 1.80. The monoisotopic (exact) mass is 428 g/mol. The smallest absolute Gasteiger partial charge is 0.266 e. The SMILES string of the molecule is COc1ccc(/C=C2\SC(=S)N(CC(=O)Nc3cccc(C)c3)C2=O)cc1OC. The minimum absolute atomic E-state index is 0.137. The van der Waals surface area contributed by atoms with Gasteiger partial charge in [0.1, 0.15) is 10.9 Å². The Balaban J connectivity index is 1.72. The van der Waals surface area contributed by atoms with Crippen molar-refractivity contribution in [1.82, 2.24) is 4.90 Å². The number of rotatable bonds is 6. The summed E-state index contributed by atoms with van der Waals surface area (Å²) < 4.78 is 10.9. The molecule has 1 heterocycles. The number of nitrogens with zero attached hydrogens (tertiary/aromatic N) is 1. The zero-order chi connectivity index (χ0) is 21.0. The topological polar surface area (TPSA) is 67.9 Å². The van der Waals surface area contributed by atoms with Crippen molar-refractivity contribution < 1.29 is 19.1 Å². The third kappa shape index (κ3) is 4.96. The quantitative estimate of drug-likeness (QED) is 0.557. The van der Waals surface area contributed by atoms with Crippen molar-refractivity contribution in [2.24, 2.45) is 0 Å². The Labute approximate surface area is 178 Å². The highest BCUT2D eigenvalue weighted by Crippen LogP contribution is 2.34. The average Bonchev–Trinajstić information content (AvgIpc) is 2.95. The second kappa shape index (κ2) is 9.11. The van der Waals surface area contributed by atoms with Gasteiger partial charge >= 0.3 is 0 Å². The molecule has 1 aliphatic heterocycles. The number of thiocarbonyl (C=S) groups is 1. The second-order valence-corrected chi connectivity index (χ2v) is 7.98. The molecule has 1 N–H and O–H groups in total. The molecule has 6 nitrogen and oxygen atoms in total. The molecule has 0 spiro atoms. The van der Waals surface area contributed by atoms with Gasteiger partial charge in [0.25, 0.3) is 5.91 Å². The van der Waals surface area contributed by atoms with Crippen molar-refractivity contribution >= 4 is 51.9 Å². The van der Waals surface area contributed by atoms with Crippen LogP contribution in [0.2, 0.25) is 0 Å². The summed E-state index contributed by atoms with van der Waals surface area (Å²) in [6, 6.07) is 12.8. The number of hydrogen-bond donors (Lipinski definition) is 1. The molecule has 3 rings (SSSR count). The van der Waals surface area contributed by atoms with E-state index in [1.807, 2.05) is 31.2 Å². The molecule has 0 saturated carbocycles. The number of nitrogens with one attached hydrogen (secondary N) is 1. The first-order chi connectivity index (χ1) is 13.9. The largest absolute Gasteiger partial charge is 0.493 e. The standard InChI is InChI=1S/C21H20N2O4S2/c1-13-5-4-6-15(9-13)22-19(24)12-23-20(25)18(29-21(23)28)11-14-7-8-16(26-2)17(10-14)27-3/h4-11H,12H2,1-3H3,(H,22,24)/b18-11-. The molecule has 0 aliphatic carbocycles. The molecule has 29 heavy (non-hydrogen) atoms. The summed E-state index contributed by atoms with van der Waals surface area (Å²) in [5.41, 5.74) is 2.49. The van der Waals surface area contributed by atoms with Crippen LogP contribution < -0.4 is 14.8 Å². The molecule has 0 unspecified atom stereocenters. The van der Waals surface area contributed by atoms with E-state index in [9.17, 15) is 9.59 Å². The molecule has 2 aromatic carbocycles. The zero-order valence-electron chi connectivity index (χ0n) is 16.2. The lowest BCUT2D eigenvalue weighted by atomic mass is 10.2. The Kier molecular flexibility index (Phi) is 6.56. The van der Waals surface area contributed by atoms with Crippen LogP contribution in [-0.4, -0.2) is 41.8 Å². The Morgan fingerprint density at radius 1 is 1.17 bits per heavy atom. The number of methoxy groups -OCH3 is 2. The van der Waals surface area contributed by atoms with Crippen molar-refractivity contribution in [3.8, 4) is 11.5 Å². The van der Waals surface area contributed by atoms with Gasteiger partial charge in [0.05, 0.1) is 19.1 Å². The Morgan fingerprint density at radius 3 is 2.62 bits per heavy atom. The molecule has 150 valence electrons. The van der Waals surface area contributed by atoms with E-state index < -0.39 is 0 Å². The van der Waals surface area contributed by atoms with Gasteiger partial charge in [0.2, 0.25) is 5.91 Å². The number of thioether (sulfide) groups is 1. The van der Waals surface area contributed by atoms with E-state index in [-0.39, 0.29) is 18.4 Å². The Morgan fingerprint density at radius 2 is 1.93 bits per heavy atom. The second-order valence-electron chi connectivity index (χ2n) is 6.30. The van der Waals surface area contributed by atoms with Crippen LogP contribution in [0.5, 0.6) is 11.5 Å². The number of carbonyl (C=O) groups is 2. The van der Waals surface area contributed by atoms with E-state index in [0.717, 1.165) is 11.1 Å². The molecular weight excluding hydrogens is 408 g/mol. The van der Waals surface area contributed by atoms with Crippen molar-refractivity contribution in [2.45, 2.75) is 6.92 Å². The molecule has 1 fully saturated rings. The highest BCUT2D eigenvalue weighted by molar-refractivity contribution is 8.26. The van der Waals surface area contributed by atoms with Crippen LogP contribution in [0, 0.1) is 6.92 Å². The van der Waals surface area contributed by atoms with E-state index >= 15 is 0 Å². The first-order valence-electron chi connectivity index (χ1n) is 8.75. The molecule has 2 aromatic rings. The van der Waals surface area contributed by atoms with Crippen LogP contribution in [0.15, 0.2) is 47.4 Å². The zero-order valence-corrected chi connectivity index (χ0v) is 17.9. The molecule has 2 amide bonds. The van der Waals surface area contributed by atoms with Gasteiger partial charge < -0.3 is 14.8 Å². The first-order valence-corrected chi connectivity index (χ1v) is 9.97. The fraction of sp³-hybridized carbons (Fsp3) is 0.190. The van der Waals surface area contributed by atoms with Crippen molar-refractivity contribution in [1.29, 1.82) is 0 Å². The lowest BCUT2D eigenvalue weighted by Crippen LogP contribution is -2.36. The van der Waals surface area contributed by atoms with Gasteiger partial charge in [-0.05, 0) is 48.4 Å². The van der Waals surface area contributed by atoms with Crippen LogP contribution in [0.1, 0.15) is 11.1 Å². The minimum Gasteiger partial charge on any atom is -0.493 e. The molecule has 0 bridgehead atoms. The molecule has 0 atom stereocenters. The predicted octanol–water partition coefficient (Wildman–Crippen LogP) is 3.85. The summed E-state index contributed by atoms with van der Waals surface area (Å²) >= 11 is 6.47. The van der Waals surface area contributed by atoms with Crippen molar-refractivity contribution in [3.63, 3.8) is 0 Å². The van der Waals surface area contributed by atoms with E-state index in [2.05, 4.69) is 5.32 Å². The van der Waals surface area contributed by atoms with Gasteiger partial charge in [0, 0.05) is 5.69 Å². The maximum absolute atomic E-state index is 12.8. The lowest BCUT2D eigenvalue weighted by molar-refractivity contribution is -0.126.